The van der Waals surface area contributed by atoms with Crippen molar-refractivity contribution < 1.29 is 4.79 Å². The molecule has 1 amide bonds. The van der Waals surface area contributed by atoms with Gasteiger partial charge in [0.2, 0.25) is 5.91 Å². The molecule has 0 radical (unpaired) electrons. The number of aliphatic imine (C=N–C) groups is 1. The summed E-state index contributed by atoms with van der Waals surface area (Å²) in [6, 6.07) is 30.0. The smallest absolute Gasteiger partial charge is 0.231 e. The molecule has 3 nitrogen and oxygen atoms in total. The van der Waals surface area contributed by atoms with Crippen LogP contribution in [0.4, 0.5) is 0 Å². The molecule has 2 fully saturated rings. The number of carbonyl (C=O) groups is 1. The first-order valence-electron chi connectivity index (χ1n) is 15.6. The Labute approximate surface area is 241 Å². The van der Waals surface area contributed by atoms with E-state index in [0.29, 0.717) is 0 Å². The number of amides is 1. The fourth-order valence-electron chi connectivity index (χ4n) is 7.34. The molecule has 2 aliphatic carbocycles. The summed E-state index contributed by atoms with van der Waals surface area (Å²) < 4.78 is 0. The molecule has 3 aromatic rings. The predicted molar refractivity (Wildman–Crippen MR) is 169 cm³/mol. The lowest BCUT2D eigenvalue weighted by atomic mass is 9.86. The normalized spacial score (nSPS) is 23.1. The Balaban J connectivity index is 1.50. The number of benzene rings is 3. The van der Waals surface area contributed by atoms with Crippen molar-refractivity contribution in [3.8, 4) is 0 Å². The number of carbonyl (C=O) groups excluding carboxylic acids is 1. The average molecular weight is 551 g/mol. The Hall–Kier alpha value is -2.77. The van der Waals surface area contributed by atoms with Crippen LogP contribution in [0.25, 0.3) is 0 Å². The van der Waals surface area contributed by atoms with Crippen LogP contribution in [0.5, 0.6) is 0 Å². The zero-order valence-electron chi connectivity index (χ0n) is 23.9. The molecule has 0 spiro atoms. The maximum Gasteiger partial charge on any atom is 0.231 e. The van der Waals surface area contributed by atoms with E-state index in [0.717, 1.165) is 37.2 Å². The van der Waals surface area contributed by atoms with Gasteiger partial charge in [-0.15, -0.1) is 0 Å². The van der Waals surface area contributed by atoms with Crippen molar-refractivity contribution in [2.75, 3.05) is 6.16 Å². The molecule has 208 valence electrons. The first kappa shape index (κ1) is 27.4. The minimum atomic E-state index is -0.317. The van der Waals surface area contributed by atoms with Gasteiger partial charge in [-0.3, -0.25) is 14.7 Å². The lowest BCUT2D eigenvalue weighted by Crippen LogP contribution is -2.43. The standard InChI is InChI=1S/C36H43N2OP/c1-2-40(30-23-13-6-14-24-30)32-26-16-15-25-31(32)35-37-33(27-17-7-3-8-18-27)34(28-19-9-4-10-20-28)38(35)36(39)29-21-11-5-12-22-29/h3-4,7-10,15-20,25-26,29-30,33-34H,2,5-6,11-14,21-24H2,1H3/t33-,34-,40?/m1/s1. The van der Waals surface area contributed by atoms with Gasteiger partial charge in [0, 0.05) is 11.5 Å². The minimum absolute atomic E-state index is 0.0814. The third kappa shape index (κ3) is 5.55. The lowest BCUT2D eigenvalue weighted by molar-refractivity contribution is -0.134. The predicted octanol–water partition coefficient (Wildman–Crippen LogP) is 8.80. The van der Waals surface area contributed by atoms with Gasteiger partial charge in [0.25, 0.3) is 0 Å². The van der Waals surface area contributed by atoms with Gasteiger partial charge in [-0.1, -0.05) is 138 Å². The summed E-state index contributed by atoms with van der Waals surface area (Å²) in [7, 11) is -0.317. The summed E-state index contributed by atoms with van der Waals surface area (Å²) in [6.45, 7) is 2.37. The van der Waals surface area contributed by atoms with Crippen molar-refractivity contribution >= 4 is 25.0 Å². The minimum Gasteiger partial charge on any atom is -0.286 e. The van der Waals surface area contributed by atoms with Crippen LogP contribution in [-0.4, -0.2) is 28.5 Å². The fourth-order valence-corrected chi connectivity index (χ4v) is 10.3. The van der Waals surface area contributed by atoms with Gasteiger partial charge < -0.3 is 0 Å². The second-order valence-corrected chi connectivity index (χ2v) is 14.6. The molecule has 6 rings (SSSR count). The SMILES string of the molecule is CCP(c1ccccc1C1=N[C@H](c2ccccc2)[C@@H](c2ccccc2)N1C(=O)C1CCCCC1)C1CCCCC1. The quantitative estimate of drug-likeness (QED) is 0.271. The highest BCUT2D eigenvalue weighted by molar-refractivity contribution is 7.66. The van der Waals surface area contributed by atoms with Crippen LogP contribution in [0.1, 0.15) is 99.9 Å². The van der Waals surface area contributed by atoms with Crippen LogP contribution in [0.2, 0.25) is 0 Å². The molecule has 3 aliphatic rings. The fraction of sp³-hybridized carbons (Fsp3) is 0.444. The molecule has 0 aromatic heterocycles. The molecule has 0 bridgehead atoms. The maximum absolute atomic E-state index is 14.6. The molecule has 3 atom stereocenters. The second-order valence-electron chi connectivity index (χ2n) is 11.8. The molecule has 1 aliphatic heterocycles. The largest absolute Gasteiger partial charge is 0.286 e. The topological polar surface area (TPSA) is 32.7 Å². The van der Waals surface area contributed by atoms with Crippen molar-refractivity contribution in [2.24, 2.45) is 10.9 Å². The number of hydrogen-bond donors (Lipinski definition) is 0. The van der Waals surface area contributed by atoms with E-state index >= 15 is 0 Å². The van der Waals surface area contributed by atoms with E-state index < -0.39 is 0 Å². The highest BCUT2D eigenvalue weighted by Gasteiger charge is 2.45. The monoisotopic (exact) mass is 550 g/mol. The third-order valence-electron chi connectivity index (χ3n) is 9.35. The zero-order chi connectivity index (χ0) is 27.3. The maximum atomic E-state index is 14.6. The summed E-state index contributed by atoms with van der Waals surface area (Å²) in [4.78, 5) is 22.3. The van der Waals surface area contributed by atoms with Crippen LogP contribution in [0, 0.1) is 5.92 Å². The number of amidine groups is 1. The average Bonchev–Trinajstić information content (AvgIpc) is 3.44. The summed E-state index contributed by atoms with van der Waals surface area (Å²) >= 11 is 0. The summed E-state index contributed by atoms with van der Waals surface area (Å²) in [5.41, 5.74) is 4.32. The van der Waals surface area contributed by atoms with Gasteiger partial charge in [0.05, 0.1) is 6.04 Å². The van der Waals surface area contributed by atoms with E-state index in [-0.39, 0.29) is 31.8 Å². The van der Waals surface area contributed by atoms with Crippen LogP contribution in [0.15, 0.2) is 89.9 Å². The first-order valence-corrected chi connectivity index (χ1v) is 17.2. The molecule has 4 heteroatoms. The van der Waals surface area contributed by atoms with Crippen LogP contribution in [-0.2, 0) is 4.79 Å². The Morgan fingerprint density at radius 3 is 1.98 bits per heavy atom. The van der Waals surface area contributed by atoms with Gasteiger partial charge in [0.15, 0.2) is 0 Å². The number of nitrogens with zero attached hydrogens (tertiary/aromatic N) is 2. The second kappa shape index (κ2) is 12.8. The molecule has 3 aromatic carbocycles. The number of hydrogen-bond acceptors (Lipinski definition) is 2. The van der Waals surface area contributed by atoms with Crippen molar-refractivity contribution in [1.29, 1.82) is 0 Å². The summed E-state index contributed by atoms with van der Waals surface area (Å²) in [6.07, 6.45) is 13.5. The van der Waals surface area contributed by atoms with Gasteiger partial charge in [-0.25, -0.2) is 0 Å². The van der Waals surface area contributed by atoms with Gasteiger partial charge in [0.1, 0.15) is 11.9 Å². The first-order chi connectivity index (χ1) is 19.8. The molecular formula is C36H43N2OP. The van der Waals surface area contributed by atoms with Crippen molar-refractivity contribution in [2.45, 2.75) is 88.9 Å². The molecule has 2 saturated carbocycles. The van der Waals surface area contributed by atoms with E-state index in [1.165, 1.54) is 66.7 Å². The summed E-state index contributed by atoms with van der Waals surface area (Å²) in [5.74, 6) is 1.27. The Kier molecular flexibility index (Phi) is 8.78. The lowest BCUT2D eigenvalue weighted by Gasteiger charge is -2.35. The van der Waals surface area contributed by atoms with E-state index in [1.54, 1.807) is 0 Å². The molecule has 1 unspecified atom stereocenters. The molecule has 40 heavy (non-hydrogen) atoms. The van der Waals surface area contributed by atoms with Crippen molar-refractivity contribution in [3.05, 3.63) is 102 Å². The van der Waals surface area contributed by atoms with Crippen molar-refractivity contribution in [3.63, 3.8) is 0 Å². The highest BCUT2D eigenvalue weighted by Crippen LogP contribution is 2.49. The van der Waals surface area contributed by atoms with Gasteiger partial charge in [-0.2, -0.15) is 0 Å². The van der Waals surface area contributed by atoms with Crippen molar-refractivity contribution in [1.82, 2.24) is 4.90 Å². The molecular weight excluding hydrogens is 507 g/mol. The summed E-state index contributed by atoms with van der Waals surface area (Å²) in [5, 5.41) is 1.45. The van der Waals surface area contributed by atoms with Gasteiger partial charge in [-0.05, 0) is 53.9 Å². The Morgan fingerprint density at radius 1 is 0.750 bits per heavy atom. The third-order valence-corrected chi connectivity index (χ3v) is 12.4. The zero-order valence-corrected chi connectivity index (χ0v) is 24.8. The molecule has 0 N–H and O–H groups in total. The van der Waals surface area contributed by atoms with Crippen LogP contribution >= 0.6 is 7.92 Å². The Bertz CT molecular complexity index is 1290. The molecule has 1 heterocycles. The van der Waals surface area contributed by atoms with E-state index in [2.05, 4.69) is 96.8 Å². The highest BCUT2D eigenvalue weighted by atomic mass is 31.1. The van der Waals surface area contributed by atoms with E-state index in [4.69, 9.17) is 4.99 Å². The molecule has 0 saturated heterocycles. The van der Waals surface area contributed by atoms with Crippen LogP contribution in [0.3, 0.4) is 0 Å². The van der Waals surface area contributed by atoms with E-state index in [1.807, 2.05) is 0 Å². The Morgan fingerprint density at radius 2 is 1.32 bits per heavy atom. The van der Waals surface area contributed by atoms with E-state index in [9.17, 15) is 4.79 Å². The van der Waals surface area contributed by atoms with Crippen LogP contribution < -0.4 is 5.30 Å². The van der Waals surface area contributed by atoms with Gasteiger partial charge >= 0.3 is 0 Å². The number of rotatable bonds is 7.